The van der Waals surface area contributed by atoms with Crippen molar-refractivity contribution in [3.63, 3.8) is 0 Å². The van der Waals surface area contributed by atoms with Crippen LogP contribution < -0.4 is 9.64 Å². The van der Waals surface area contributed by atoms with Gasteiger partial charge in [-0.1, -0.05) is 33.4 Å². The Hall–Kier alpha value is -2.53. The van der Waals surface area contributed by atoms with Crippen LogP contribution in [0.15, 0.2) is 72.3 Å². The number of aliphatic imine (C=N–C) groups is 1. The lowest BCUT2D eigenvalue weighted by Gasteiger charge is -2.27. The summed E-state index contributed by atoms with van der Waals surface area (Å²) in [7, 11) is 0. The minimum absolute atomic E-state index is 0.132. The summed E-state index contributed by atoms with van der Waals surface area (Å²) in [6, 6.07) is 12.3. The van der Waals surface area contributed by atoms with E-state index in [0.717, 1.165) is 45.6 Å². The van der Waals surface area contributed by atoms with Crippen molar-refractivity contribution in [3.8, 4) is 5.75 Å². The average molecular weight is 408 g/mol. The first-order valence-electron chi connectivity index (χ1n) is 9.83. The van der Waals surface area contributed by atoms with Crippen molar-refractivity contribution in [2.75, 3.05) is 17.3 Å². The highest BCUT2D eigenvalue weighted by molar-refractivity contribution is 8.14. The molecule has 152 valence electrons. The zero-order valence-electron chi connectivity index (χ0n) is 17.7. The van der Waals surface area contributed by atoms with Crippen LogP contribution in [-0.2, 0) is 6.42 Å². The number of thioether (sulfide) groups is 1. The summed E-state index contributed by atoms with van der Waals surface area (Å²) in [5.74, 6) is 1.84. The normalized spacial score (nSPS) is 14.1. The highest BCUT2D eigenvalue weighted by Crippen LogP contribution is 2.31. The lowest BCUT2D eigenvalue weighted by Crippen LogP contribution is -2.22. The fourth-order valence-corrected chi connectivity index (χ4v) is 3.74. The molecule has 1 aromatic heterocycles. The summed E-state index contributed by atoms with van der Waals surface area (Å²) in [5.41, 5.74) is 4.29. The van der Waals surface area contributed by atoms with E-state index in [9.17, 15) is 0 Å². The highest BCUT2D eigenvalue weighted by atomic mass is 32.2. The second-order valence-electron chi connectivity index (χ2n) is 8.27. The van der Waals surface area contributed by atoms with E-state index in [1.54, 1.807) is 11.8 Å². The number of hydrogen-bond donors (Lipinski definition) is 0. The van der Waals surface area contributed by atoms with E-state index in [0.29, 0.717) is 6.61 Å². The van der Waals surface area contributed by atoms with Crippen LogP contribution in [0.4, 0.5) is 5.69 Å². The Morgan fingerprint density at radius 2 is 2.00 bits per heavy atom. The van der Waals surface area contributed by atoms with E-state index in [-0.39, 0.29) is 5.41 Å². The van der Waals surface area contributed by atoms with Crippen LogP contribution in [0.25, 0.3) is 0 Å². The lowest BCUT2D eigenvalue weighted by molar-refractivity contribution is 0.197. The summed E-state index contributed by atoms with van der Waals surface area (Å²) in [6.07, 6.45) is 6.52. The third kappa shape index (κ3) is 5.97. The molecule has 0 unspecified atom stereocenters. The minimum Gasteiger partial charge on any atom is -0.493 e. The van der Waals surface area contributed by atoms with Crippen molar-refractivity contribution in [1.82, 2.24) is 4.98 Å². The van der Waals surface area contributed by atoms with Gasteiger partial charge in [-0.05, 0) is 54.7 Å². The first kappa shape index (κ1) is 21.2. The molecule has 0 atom stereocenters. The number of benzene rings is 1. The van der Waals surface area contributed by atoms with E-state index >= 15 is 0 Å². The molecule has 5 heteroatoms. The summed E-state index contributed by atoms with van der Waals surface area (Å²) < 4.78 is 5.99. The van der Waals surface area contributed by atoms with E-state index in [2.05, 4.69) is 67.3 Å². The standard InChI is InChI=1S/C24H29N3OS/c1-18-16-21(9-10-22(18)28-17-24(3,4)5)27-14-13-26-23(19(27)2)29-15-11-20-8-6-7-12-25-20/h6-10,12-14,16H,2,11,15,17H2,1,3-5H3. The number of anilines is 1. The molecule has 0 saturated heterocycles. The van der Waals surface area contributed by atoms with Crippen LogP contribution in [-0.4, -0.2) is 22.4 Å². The Kier molecular flexibility index (Phi) is 6.80. The lowest BCUT2D eigenvalue weighted by atomic mass is 9.98. The Morgan fingerprint density at radius 3 is 2.69 bits per heavy atom. The largest absolute Gasteiger partial charge is 0.493 e. The molecule has 0 bridgehead atoms. The van der Waals surface area contributed by atoms with Crippen LogP contribution in [0, 0.1) is 12.3 Å². The van der Waals surface area contributed by atoms with Crippen molar-refractivity contribution in [3.05, 3.63) is 78.5 Å². The molecule has 0 amide bonds. The van der Waals surface area contributed by atoms with Gasteiger partial charge in [0.15, 0.2) is 0 Å². The SMILES string of the molecule is C=C1C(SCCc2ccccn2)=NC=CN1c1ccc(OCC(C)(C)C)c(C)c1. The Morgan fingerprint density at radius 1 is 1.17 bits per heavy atom. The summed E-state index contributed by atoms with van der Waals surface area (Å²) in [6.45, 7) is 13.6. The highest BCUT2D eigenvalue weighted by Gasteiger charge is 2.18. The van der Waals surface area contributed by atoms with Crippen LogP contribution in [0.1, 0.15) is 32.0 Å². The van der Waals surface area contributed by atoms with Gasteiger partial charge in [-0.25, -0.2) is 4.99 Å². The van der Waals surface area contributed by atoms with Gasteiger partial charge in [0.2, 0.25) is 0 Å². The van der Waals surface area contributed by atoms with Gasteiger partial charge in [0.05, 0.1) is 12.3 Å². The maximum Gasteiger partial charge on any atom is 0.122 e. The second kappa shape index (κ2) is 9.31. The maximum absolute atomic E-state index is 5.99. The van der Waals surface area contributed by atoms with Crippen LogP contribution in [0.3, 0.4) is 0 Å². The second-order valence-corrected chi connectivity index (χ2v) is 9.35. The smallest absolute Gasteiger partial charge is 0.122 e. The Bertz CT molecular complexity index is 913. The van der Waals surface area contributed by atoms with Gasteiger partial charge in [0.1, 0.15) is 10.8 Å². The van der Waals surface area contributed by atoms with Crippen molar-refractivity contribution >= 4 is 22.5 Å². The molecule has 2 aromatic rings. The molecule has 0 fully saturated rings. The quantitative estimate of drug-likeness (QED) is 0.589. The van der Waals surface area contributed by atoms with E-state index in [4.69, 9.17) is 4.74 Å². The molecule has 0 radical (unpaired) electrons. The molecule has 0 saturated carbocycles. The molecule has 1 aromatic carbocycles. The van der Waals surface area contributed by atoms with Crippen molar-refractivity contribution in [2.24, 2.45) is 10.4 Å². The van der Waals surface area contributed by atoms with E-state index in [1.807, 2.05) is 36.8 Å². The fourth-order valence-electron chi connectivity index (χ4n) is 2.84. The number of ether oxygens (including phenoxy) is 1. The van der Waals surface area contributed by atoms with Gasteiger partial charge >= 0.3 is 0 Å². The molecule has 1 aliphatic heterocycles. The molecular weight excluding hydrogens is 378 g/mol. The third-order valence-electron chi connectivity index (χ3n) is 4.37. The number of aryl methyl sites for hydroxylation is 2. The van der Waals surface area contributed by atoms with Crippen molar-refractivity contribution < 1.29 is 4.74 Å². The Balaban J connectivity index is 1.62. The predicted molar refractivity (Wildman–Crippen MR) is 125 cm³/mol. The summed E-state index contributed by atoms with van der Waals surface area (Å²) in [4.78, 5) is 11.0. The molecule has 1 aliphatic rings. The topological polar surface area (TPSA) is 37.7 Å². The van der Waals surface area contributed by atoms with Gasteiger partial charge in [0, 0.05) is 35.7 Å². The van der Waals surface area contributed by atoms with Gasteiger partial charge in [-0.2, -0.15) is 0 Å². The molecule has 0 N–H and O–H groups in total. The van der Waals surface area contributed by atoms with E-state index < -0.39 is 0 Å². The number of pyridine rings is 1. The first-order valence-corrected chi connectivity index (χ1v) is 10.8. The molecule has 4 nitrogen and oxygen atoms in total. The summed E-state index contributed by atoms with van der Waals surface area (Å²) >= 11 is 1.71. The van der Waals surface area contributed by atoms with Gasteiger partial charge in [0.25, 0.3) is 0 Å². The monoisotopic (exact) mass is 407 g/mol. The Labute approximate surface area is 178 Å². The molecule has 29 heavy (non-hydrogen) atoms. The average Bonchev–Trinajstić information content (AvgIpc) is 2.68. The molecule has 2 heterocycles. The van der Waals surface area contributed by atoms with Crippen LogP contribution >= 0.6 is 11.8 Å². The van der Waals surface area contributed by atoms with Gasteiger partial charge in [-0.15, -0.1) is 11.8 Å². The van der Waals surface area contributed by atoms with Gasteiger partial charge < -0.3 is 9.64 Å². The van der Waals surface area contributed by atoms with Gasteiger partial charge in [-0.3, -0.25) is 4.98 Å². The number of rotatable bonds is 6. The third-order valence-corrected chi connectivity index (χ3v) is 5.39. The molecular formula is C24H29N3OS. The number of aromatic nitrogens is 1. The summed E-state index contributed by atoms with van der Waals surface area (Å²) in [5, 5.41) is 0.939. The molecule has 3 rings (SSSR count). The molecule has 0 aliphatic carbocycles. The van der Waals surface area contributed by atoms with E-state index in [1.165, 1.54) is 0 Å². The zero-order valence-corrected chi connectivity index (χ0v) is 18.5. The number of nitrogens with zero attached hydrogens (tertiary/aromatic N) is 3. The van der Waals surface area contributed by atoms with Crippen molar-refractivity contribution in [2.45, 2.75) is 34.1 Å². The zero-order chi connectivity index (χ0) is 20.9. The maximum atomic E-state index is 5.99. The minimum atomic E-state index is 0.132. The number of hydrogen-bond acceptors (Lipinski definition) is 5. The fraction of sp³-hybridized carbons (Fsp3) is 0.333. The first-order chi connectivity index (χ1) is 13.8. The predicted octanol–water partition coefficient (Wildman–Crippen LogP) is 5.99. The molecule has 0 spiro atoms. The van der Waals surface area contributed by atoms with Crippen LogP contribution in [0.5, 0.6) is 5.75 Å². The van der Waals surface area contributed by atoms with Crippen molar-refractivity contribution in [1.29, 1.82) is 0 Å². The van der Waals surface area contributed by atoms with Crippen LogP contribution in [0.2, 0.25) is 0 Å².